The van der Waals surface area contributed by atoms with Gasteiger partial charge in [0.15, 0.2) is 11.5 Å². The summed E-state index contributed by atoms with van der Waals surface area (Å²) in [5.41, 5.74) is 0.906. The van der Waals surface area contributed by atoms with E-state index in [4.69, 9.17) is 18.9 Å². The Morgan fingerprint density at radius 1 is 0.706 bits per heavy atom. The van der Waals surface area contributed by atoms with Crippen LogP contribution in [0.3, 0.4) is 0 Å². The number of hydrogen-bond donors (Lipinski definition) is 5. The van der Waals surface area contributed by atoms with Crippen molar-refractivity contribution in [3.05, 3.63) is 83.4 Å². The van der Waals surface area contributed by atoms with E-state index in [0.717, 1.165) is 32.1 Å². The second-order valence-corrected chi connectivity index (χ2v) is 11.8. The molecule has 0 aromatic heterocycles. The Hall–Kier alpha value is -6.32. The van der Waals surface area contributed by atoms with Gasteiger partial charge in [0.2, 0.25) is 12.7 Å². The summed E-state index contributed by atoms with van der Waals surface area (Å²) in [6, 6.07) is 14.1. The highest BCUT2D eigenvalue weighted by atomic mass is 16.7. The molecule has 0 spiro atoms. The van der Waals surface area contributed by atoms with E-state index >= 15 is 0 Å². The number of nitrogens with zero attached hydrogens (tertiary/aromatic N) is 1. The number of benzene rings is 3. The summed E-state index contributed by atoms with van der Waals surface area (Å²) in [6.07, 6.45) is -0.0403. The third-order valence-electron chi connectivity index (χ3n) is 8.26. The van der Waals surface area contributed by atoms with E-state index in [1.54, 1.807) is 18.2 Å². The molecule has 1 unspecified atom stereocenters. The summed E-state index contributed by atoms with van der Waals surface area (Å²) in [5, 5.41) is 39.9. The summed E-state index contributed by atoms with van der Waals surface area (Å²) in [5.74, 6) is -7.33. The monoisotopic (exact) mass is 706 g/mol. The van der Waals surface area contributed by atoms with E-state index in [-0.39, 0.29) is 42.0 Å². The predicted octanol–water partition coefficient (Wildman–Crippen LogP) is 3.08. The molecule has 16 nitrogen and oxygen atoms in total. The molecule has 1 aliphatic carbocycles. The number of carboxylic acid groups (broad SMARTS) is 4. The standard InChI is InChI=1S/C35H34N2O14/c38-30(36-22-4-2-1-3-5-22)27(20-7-11-23(12-8-20)50-28(32(40)41)33(42)43)37(17-19-6-15-25-26(16-19)49-18-48-25)31(39)21-9-13-24(14-10-21)51-29(34(44)45)35(46)47/h6-16,22,27-29H,1-5,17-18H2,(H,36,38)(H,40,41)(H,42,43)(H,44,45)(H,46,47). The van der Waals surface area contributed by atoms with Crippen LogP contribution in [0.15, 0.2) is 66.7 Å². The molecular weight excluding hydrogens is 672 g/mol. The maximum atomic E-state index is 14.4. The number of amides is 2. The molecule has 268 valence electrons. The zero-order valence-corrected chi connectivity index (χ0v) is 26.9. The van der Waals surface area contributed by atoms with Crippen molar-refractivity contribution < 1.29 is 68.1 Å². The van der Waals surface area contributed by atoms with E-state index in [1.165, 1.54) is 53.4 Å². The van der Waals surface area contributed by atoms with Gasteiger partial charge in [0.05, 0.1) is 0 Å². The number of nitrogens with one attached hydrogen (secondary N) is 1. The Bertz CT molecular complexity index is 1760. The molecule has 1 saturated carbocycles. The molecule has 2 amide bonds. The average molecular weight is 707 g/mol. The van der Waals surface area contributed by atoms with Gasteiger partial charge in [0.1, 0.15) is 17.5 Å². The third kappa shape index (κ3) is 8.83. The van der Waals surface area contributed by atoms with Crippen LogP contribution in [0.2, 0.25) is 0 Å². The fourth-order valence-electron chi connectivity index (χ4n) is 5.77. The van der Waals surface area contributed by atoms with Crippen LogP contribution in [0.5, 0.6) is 23.0 Å². The topological polar surface area (TPSA) is 236 Å². The number of carboxylic acids is 4. The number of carbonyl (C=O) groups is 6. The molecule has 1 heterocycles. The van der Waals surface area contributed by atoms with Gasteiger partial charge in [-0.05, 0) is 72.5 Å². The van der Waals surface area contributed by atoms with Crippen molar-refractivity contribution in [1.82, 2.24) is 10.2 Å². The van der Waals surface area contributed by atoms with E-state index in [9.17, 15) is 49.2 Å². The quantitative estimate of drug-likeness (QED) is 0.143. The number of hydrogen-bond acceptors (Lipinski definition) is 10. The van der Waals surface area contributed by atoms with Crippen molar-refractivity contribution in [3.63, 3.8) is 0 Å². The van der Waals surface area contributed by atoms with E-state index in [2.05, 4.69) is 5.32 Å². The van der Waals surface area contributed by atoms with Crippen molar-refractivity contribution in [2.24, 2.45) is 0 Å². The maximum Gasteiger partial charge on any atom is 0.356 e. The zero-order chi connectivity index (χ0) is 36.7. The summed E-state index contributed by atoms with van der Waals surface area (Å²) < 4.78 is 21.2. The summed E-state index contributed by atoms with van der Waals surface area (Å²) in [7, 11) is 0. The van der Waals surface area contributed by atoms with Crippen LogP contribution in [0, 0.1) is 0 Å². The minimum Gasteiger partial charge on any atom is -0.478 e. The van der Waals surface area contributed by atoms with Gasteiger partial charge in [0.25, 0.3) is 18.1 Å². The van der Waals surface area contributed by atoms with Crippen LogP contribution in [0.25, 0.3) is 0 Å². The molecule has 1 atom stereocenters. The average Bonchev–Trinajstić information content (AvgIpc) is 3.58. The Morgan fingerprint density at radius 3 is 1.78 bits per heavy atom. The van der Waals surface area contributed by atoms with Crippen LogP contribution in [-0.4, -0.2) is 86.1 Å². The predicted molar refractivity (Wildman–Crippen MR) is 172 cm³/mol. The number of rotatable bonds is 15. The first-order valence-electron chi connectivity index (χ1n) is 15.9. The Kier molecular flexibility index (Phi) is 11.2. The van der Waals surface area contributed by atoms with Gasteiger partial charge in [-0.1, -0.05) is 37.5 Å². The molecule has 16 heteroatoms. The Balaban J connectivity index is 1.53. The first-order valence-corrected chi connectivity index (χ1v) is 15.9. The molecule has 5 rings (SSSR count). The van der Waals surface area contributed by atoms with Gasteiger partial charge in [-0.2, -0.15) is 0 Å². The number of carbonyl (C=O) groups excluding carboxylic acids is 2. The highest BCUT2D eigenvalue weighted by Crippen LogP contribution is 2.35. The van der Waals surface area contributed by atoms with Crippen molar-refractivity contribution in [2.75, 3.05) is 6.79 Å². The number of ether oxygens (including phenoxy) is 4. The van der Waals surface area contributed by atoms with Crippen LogP contribution in [0.4, 0.5) is 0 Å². The number of fused-ring (bicyclic) bond motifs is 1. The minimum absolute atomic E-state index is 0.00587. The first-order chi connectivity index (χ1) is 24.4. The molecule has 0 saturated heterocycles. The summed E-state index contributed by atoms with van der Waals surface area (Å²) in [6.45, 7) is -0.124. The smallest absolute Gasteiger partial charge is 0.356 e. The largest absolute Gasteiger partial charge is 0.478 e. The second kappa shape index (κ2) is 15.9. The van der Waals surface area contributed by atoms with Gasteiger partial charge in [-0.3, -0.25) is 9.59 Å². The van der Waals surface area contributed by atoms with Crippen LogP contribution >= 0.6 is 0 Å². The molecule has 0 radical (unpaired) electrons. The van der Waals surface area contributed by atoms with Crippen molar-refractivity contribution in [1.29, 1.82) is 0 Å². The minimum atomic E-state index is -2.19. The second-order valence-electron chi connectivity index (χ2n) is 11.8. The highest BCUT2D eigenvalue weighted by molar-refractivity contribution is 5.99. The molecule has 5 N–H and O–H groups in total. The van der Waals surface area contributed by atoms with Gasteiger partial charge >= 0.3 is 23.9 Å². The van der Waals surface area contributed by atoms with Crippen molar-refractivity contribution in [2.45, 2.75) is 62.9 Å². The van der Waals surface area contributed by atoms with Crippen molar-refractivity contribution >= 4 is 35.7 Å². The molecule has 3 aromatic carbocycles. The summed E-state index contributed by atoms with van der Waals surface area (Å²) in [4.78, 5) is 75.4. The fraction of sp³-hybridized carbons (Fsp3) is 0.314. The lowest BCUT2D eigenvalue weighted by molar-refractivity contribution is -0.160. The Labute approximate surface area is 290 Å². The van der Waals surface area contributed by atoms with E-state index < -0.39 is 53.9 Å². The molecule has 2 aliphatic rings. The van der Waals surface area contributed by atoms with Crippen LogP contribution < -0.4 is 24.3 Å². The SMILES string of the molecule is O=C(O)C(Oc1ccc(C(=O)N(Cc2ccc3c(c2)OCO3)C(C(=O)NC2CCCCC2)c2ccc(OC(C(=O)O)C(=O)O)cc2)cc1)C(=O)O. The number of aliphatic carboxylic acids is 4. The van der Waals surface area contributed by atoms with Gasteiger partial charge in [0, 0.05) is 18.2 Å². The lowest BCUT2D eigenvalue weighted by Crippen LogP contribution is -2.46. The molecule has 0 bridgehead atoms. The lowest BCUT2D eigenvalue weighted by atomic mass is 9.94. The summed E-state index contributed by atoms with van der Waals surface area (Å²) >= 11 is 0. The van der Waals surface area contributed by atoms with E-state index in [0.29, 0.717) is 17.1 Å². The maximum absolute atomic E-state index is 14.4. The van der Waals surface area contributed by atoms with E-state index in [1.807, 2.05) is 0 Å². The molecule has 1 aliphatic heterocycles. The third-order valence-corrected chi connectivity index (χ3v) is 8.26. The zero-order valence-electron chi connectivity index (χ0n) is 26.9. The first kappa shape index (κ1) is 36.0. The van der Waals surface area contributed by atoms with Gasteiger partial charge in [-0.25, -0.2) is 19.2 Å². The molecule has 1 fully saturated rings. The lowest BCUT2D eigenvalue weighted by Gasteiger charge is -2.34. The molecular formula is C35H34N2O14. The normalized spacial score (nSPS) is 14.4. The van der Waals surface area contributed by atoms with Crippen LogP contribution in [-0.2, 0) is 30.5 Å². The molecule has 51 heavy (non-hydrogen) atoms. The molecule has 3 aromatic rings. The van der Waals surface area contributed by atoms with Crippen molar-refractivity contribution in [3.8, 4) is 23.0 Å². The van der Waals surface area contributed by atoms with Crippen LogP contribution in [0.1, 0.15) is 59.6 Å². The highest BCUT2D eigenvalue weighted by Gasteiger charge is 2.35. The van der Waals surface area contributed by atoms with Gasteiger partial charge in [-0.15, -0.1) is 0 Å². The van der Waals surface area contributed by atoms with Gasteiger partial charge < -0.3 is 49.6 Å². The fourth-order valence-corrected chi connectivity index (χ4v) is 5.77. The Morgan fingerprint density at radius 2 is 1.24 bits per heavy atom.